The van der Waals surface area contributed by atoms with Crippen molar-refractivity contribution >= 4 is 28.6 Å². The van der Waals surface area contributed by atoms with Crippen LogP contribution in [0.4, 0.5) is 5.69 Å². The molecule has 0 fully saturated rings. The molecule has 100 valence electrons. The van der Waals surface area contributed by atoms with Gasteiger partial charge in [-0.15, -0.1) is 0 Å². The molecule has 3 atom stereocenters. The van der Waals surface area contributed by atoms with E-state index in [2.05, 4.69) is 40.4 Å². The van der Waals surface area contributed by atoms with Crippen LogP contribution in [0.15, 0.2) is 29.5 Å². The van der Waals surface area contributed by atoms with Crippen molar-refractivity contribution in [2.45, 2.75) is 32.8 Å². The largest absolute Gasteiger partial charge is 0.389 e. The summed E-state index contributed by atoms with van der Waals surface area (Å²) in [6.45, 7) is 6.02. The lowest BCUT2D eigenvalue weighted by Gasteiger charge is -2.39. The molecule has 0 aliphatic heterocycles. The number of thiocarbonyl (C=S) groups is 1. The Kier molecular flexibility index (Phi) is 3.95. The van der Waals surface area contributed by atoms with E-state index < -0.39 is 5.60 Å². The first-order valence-corrected chi connectivity index (χ1v) is 6.83. The number of rotatable bonds is 2. The van der Waals surface area contributed by atoms with Gasteiger partial charge in [-0.3, -0.25) is 4.98 Å². The minimum atomic E-state index is -0.663. The fourth-order valence-electron chi connectivity index (χ4n) is 2.52. The highest BCUT2D eigenvalue weighted by Gasteiger charge is 2.37. The molecule has 19 heavy (non-hydrogen) atoms. The second-order valence-electron chi connectivity index (χ2n) is 5.41. The van der Waals surface area contributed by atoms with E-state index in [0.717, 1.165) is 17.7 Å². The third-order valence-electron chi connectivity index (χ3n) is 4.21. The van der Waals surface area contributed by atoms with Gasteiger partial charge in [-0.1, -0.05) is 19.9 Å². The molecule has 1 aromatic rings. The molecule has 1 N–H and O–H groups in total. The van der Waals surface area contributed by atoms with E-state index in [-0.39, 0.29) is 11.8 Å². The first-order chi connectivity index (χ1) is 8.96. The average Bonchev–Trinajstić information content (AvgIpc) is 2.37. The minimum Gasteiger partial charge on any atom is -0.389 e. The summed E-state index contributed by atoms with van der Waals surface area (Å²) in [5, 5.41) is 12.8. The van der Waals surface area contributed by atoms with Crippen molar-refractivity contribution in [3.05, 3.63) is 30.1 Å². The van der Waals surface area contributed by atoms with Crippen molar-refractivity contribution in [2.24, 2.45) is 16.8 Å². The van der Waals surface area contributed by atoms with Gasteiger partial charge in [-0.05, 0) is 43.1 Å². The zero-order chi connectivity index (χ0) is 14.0. The molecule has 3 nitrogen and oxygen atoms in total. The fraction of sp³-hybridized carbons (Fsp3) is 0.467. The molecule has 0 aromatic carbocycles. The van der Waals surface area contributed by atoms with Gasteiger partial charge >= 0.3 is 0 Å². The lowest BCUT2D eigenvalue weighted by Crippen LogP contribution is -2.41. The average molecular weight is 274 g/mol. The zero-order valence-electron chi connectivity index (χ0n) is 11.4. The van der Waals surface area contributed by atoms with E-state index >= 15 is 0 Å². The predicted molar refractivity (Wildman–Crippen MR) is 80.5 cm³/mol. The Morgan fingerprint density at radius 1 is 1.53 bits per heavy atom. The molecule has 1 heterocycles. The Hall–Kier alpha value is -1.35. The van der Waals surface area contributed by atoms with Crippen LogP contribution < -0.4 is 0 Å². The first-order valence-electron chi connectivity index (χ1n) is 6.42. The predicted octanol–water partition coefficient (Wildman–Crippen LogP) is 3.63. The summed E-state index contributed by atoms with van der Waals surface area (Å²) in [7, 11) is 0. The molecular weight excluding hydrogens is 256 g/mol. The molecule has 2 rings (SSSR count). The molecule has 0 radical (unpaired) electrons. The van der Waals surface area contributed by atoms with Gasteiger partial charge in [0.1, 0.15) is 0 Å². The summed E-state index contributed by atoms with van der Waals surface area (Å²) >= 11 is 4.67. The number of aliphatic hydroxyl groups is 1. The van der Waals surface area contributed by atoms with Crippen molar-refractivity contribution in [1.82, 2.24) is 4.98 Å². The second-order valence-corrected chi connectivity index (χ2v) is 5.59. The van der Waals surface area contributed by atoms with Crippen LogP contribution in [-0.2, 0) is 0 Å². The number of allylic oxidation sites excluding steroid dienone is 1. The molecule has 1 aromatic heterocycles. The first kappa shape index (κ1) is 14.1. The van der Waals surface area contributed by atoms with E-state index in [1.165, 1.54) is 5.57 Å². The molecular formula is C15H18N2OS. The summed E-state index contributed by atoms with van der Waals surface area (Å²) < 4.78 is 0. The van der Waals surface area contributed by atoms with Crippen LogP contribution in [0.3, 0.4) is 0 Å². The van der Waals surface area contributed by atoms with Gasteiger partial charge in [0.15, 0.2) is 0 Å². The van der Waals surface area contributed by atoms with Gasteiger partial charge in [-0.25, -0.2) is 0 Å². The molecule has 0 amide bonds. The van der Waals surface area contributed by atoms with E-state index in [9.17, 15) is 5.11 Å². The SMILES string of the molecule is C[C@@H]1CC(c2ccncc2N=C=S)=C[C@H](C)[C@]1(C)O. The van der Waals surface area contributed by atoms with E-state index in [1.807, 2.05) is 19.9 Å². The van der Waals surface area contributed by atoms with Gasteiger partial charge in [0.2, 0.25) is 0 Å². The number of aromatic nitrogens is 1. The van der Waals surface area contributed by atoms with Gasteiger partial charge in [0, 0.05) is 17.7 Å². The van der Waals surface area contributed by atoms with Gasteiger partial charge in [-0.2, -0.15) is 4.99 Å². The van der Waals surface area contributed by atoms with E-state index in [4.69, 9.17) is 0 Å². The van der Waals surface area contributed by atoms with E-state index in [0.29, 0.717) is 0 Å². The zero-order valence-corrected chi connectivity index (χ0v) is 12.2. The summed E-state index contributed by atoms with van der Waals surface area (Å²) in [5.74, 6) is 0.295. The van der Waals surface area contributed by atoms with Crippen LogP contribution >= 0.6 is 12.2 Å². The van der Waals surface area contributed by atoms with Crippen LogP contribution in [0.2, 0.25) is 0 Å². The topological polar surface area (TPSA) is 45.5 Å². The Morgan fingerprint density at radius 2 is 2.26 bits per heavy atom. The van der Waals surface area contributed by atoms with Gasteiger partial charge in [0.05, 0.1) is 22.6 Å². The fourth-order valence-corrected chi connectivity index (χ4v) is 2.62. The molecule has 0 unspecified atom stereocenters. The monoisotopic (exact) mass is 274 g/mol. The number of nitrogens with zero attached hydrogens (tertiary/aromatic N) is 2. The second kappa shape index (κ2) is 5.33. The van der Waals surface area contributed by atoms with Crippen molar-refractivity contribution in [1.29, 1.82) is 0 Å². The number of hydrogen-bond acceptors (Lipinski definition) is 4. The van der Waals surface area contributed by atoms with Gasteiger partial charge < -0.3 is 5.11 Å². The van der Waals surface area contributed by atoms with Crippen LogP contribution in [0.1, 0.15) is 32.8 Å². The maximum absolute atomic E-state index is 10.4. The molecule has 0 saturated heterocycles. The van der Waals surface area contributed by atoms with Crippen LogP contribution in [0, 0.1) is 11.8 Å². The Morgan fingerprint density at radius 3 is 2.89 bits per heavy atom. The molecule has 0 bridgehead atoms. The number of hydrogen-bond donors (Lipinski definition) is 1. The quantitative estimate of drug-likeness (QED) is 0.661. The van der Waals surface area contributed by atoms with Crippen molar-refractivity contribution in [3.63, 3.8) is 0 Å². The highest BCUT2D eigenvalue weighted by molar-refractivity contribution is 7.78. The molecule has 1 aliphatic rings. The molecule has 1 aliphatic carbocycles. The van der Waals surface area contributed by atoms with E-state index in [1.54, 1.807) is 12.4 Å². The molecule has 4 heteroatoms. The standard InChI is InChI=1S/C15H18N2OS/c1-10-6-12(7-11(2)15(10,3)18)13-4-5-16-8-14(13)17-9-19/h4-6,8,10-11,18H,7H2,1-3H3/t10-,11+,15-/m0/s1. The maximum Gasteiger partial charge on any atom is 0.0997 e. The van der Waals surface area contributed by atoms with Crippen LogP contribution in [0.5, 0.6) is 0 Å². The summed E-state index contributed by atoms with van der Waals surface area (Å²) in [4.78, 5) is 8.14. The Labute approximate surface area is 119 Å². The lowest BCUT2D eigenvalue weighted by molar-refractivity contribution is -0.0284. The highest BCUT2D eigenvalue weighted by Crippen LogP contribution is 2.42. The summed E-state index contributed by atoms with van der Waals surface area (Å²) in [5.41, 5.74) is 2.30. The smallest absolute Gasteiger partial charge is 0.0997 e. The van der Waals surface area contributed by atoms with Crippen molar-refractivity contribution in [3.8, 4) is 0 Å². The van der Waals surface area contributed by atoms with Crippen LogP contribution in [-0.4, -0.2) is 20.9 Å². The highest BCUT2D eigenvalue weighted by atomic mass is 32.1. The Balaban J connectivity index is 2.46. The lowest BCUT2D eigenvalue weighted by atomic mass is 9.71. The third-order valence-corrected chi connectivity index (χ3v) is 4.30. The normalized spacial score (nSPS) is 30.4. The number of isothiocyanates is 1. The number of pyridine rings is 1. The number of aliphatic imine (C=N–C) groups is 1. The molecule has 0 spiro atoms. The third kappa shape index (κ3) is 2.66. The Bertz CT molecular complexity index is 559. The molecule has 0 saturated carbocycles. The van der Waals surface area contributed by atoms with Crippen molar-refractivity contribution < 1.29 is 5.11 Å². The minimum absolute atomic E-state index is 0.101. The summed E-state index contributed by atoms with van der Waals surface area (Å²) in [6.07, 6.45) is 6.39. The van der Waals surface area contributed by atoms with Crippen LogP contribution in [0.25, 0.3) is 5.57 Å². The maximum atomic E-state index is 10.4. The van der Waals surface area contributed by atoms with Crippen molar-refractivity contribution in [2.75, 3.05) is 0 Å². The summed E-state index contributed by atoms with van der Waals surface area (Å²) in [6, 6.07) is 1.94. The van der Waals surface area contributed by atoms with Gasteiger partial charge in [0.25, 0.3) is 0 Å².